The molecule has 3 rings (SSSR count). The molecule has 1 heterocycles. The Morgan fingerprint density at radius 3 is 2.67 bits per heavy atom. The number of carboxylic acids is 1. The van der Waals surface area contributed by atoms with Crippen LogP contribution in [0.3, 0.4) is 0 Å². The van der Waals surface area contributed by atoms with Gasteiger partial charge in [0.15, 0.2) is 0 Å². The maximum atomic E-state index is 12.7. The first kappa shape index (κ1) is 19.2. The molecule has 27 heavy (non-hydrogen) atoms. The molecule has 8 heteroatoms. The average Bonchev–Trinajstić information content (AvgIpc) is 3.01. The molecule has 2 aliphatic rings. The van der Waals surface area contributed by atoms with E-state index in [0.717, 1.165) is 5.56 Å². The molecule has 1 aromatic carbocycles. The second-order valence-corrected chi connectivity index (χ2v) is 7.16. The number of rotatable bonds is 5. The summed E-state index contributed by atoms with van der Waals surface area (Å²) in [5.41, 5.74) is 6.75. The molecule has 0 bridgehead atoms. The molecule has 1 saturated carbocycles. The third kappa shape index (κ3) is 4.57. The number of alkyl carbamates (subject to hydrolysis) is 1. The number of carbonyl (C=O) groups excluding carboxylic acids is 2. The van der Waals surface area contributed by atoms with Gasteiger partial charge in [0, 0.05) is 18.6 Å². The summed E-state index contributed by atoms with van der Waals surface area (Å²) >= 11 is 0. The van der Waals surface area contributed by atoms with Crippen molar-refractivity contribution < 1.29 is 24.2 Å². The number of likely N-dealkylation sites (tertiary alicyclic amines) is 1. The summed E-state index contributed by atoms with van der Waals surface area (Å²) in [5, 5.41) is 12.1. The lowest BCUT2D eigenvalue weighted by molar-refractivity contribution is -0.148. The number of carboxylic acid groups (broad SMARTS) is 1. The largest absolute Gasteiger partial charge is 0.481 e. The first-order valence-electron chi connectivity index (χ1n) is 9.21. The van der Waals surface area contributed by atoms with Crippen molar-refractivity contribution in [2.24, 2.45) is 11.7 Å². The Labute approximate surface area is 157 Å². The van der Waals surface area contributed by atoms with Crippen LogP contribution in [0.15, 0.2) is 30.3 Å². The van der Waals surface area contributed by atoms with Crippen LogP contribution in [0, 0.1) is 5.92 Å². The minimum atomic E-state index is -0.929. The second-order valence-electron chi connectivity index (χ2n) is 7.16. The zero-order chi connectivity index (χ0) is 19.4. The number of hydrogen-bond acceptors (Lipinski definition) is 5. The summed E-state index contributed by atoms with van der Waals surface area (Å²) < 4.78 is 5.16. The molecule has 1 saturated heterocycles. The molecule has 2 fully saturated rings. The molecule has 2 amide bonds. The first-order chi connectivity index (χ1) is 13.0. The van der Waals surface area contributed by atoms with Crippen LogP contribution in [0.1, 0.15) is 31.2 Å². The average molecular weight is 375 g/mol. The number of aliphatic carboxylic acids is 1. The molecule has 0 aromatic heterocycles. The summed E-state index contributed by atoms with van der Waals surface area (Å²) in [6.07, 6.45) is 1.40. The van der Waals surface area contributed by atoms with E-state index in [1.54, 1.807) is 4.90 Å². The predicted octanol–water partition coefficient (Wildman–Crippen LogP) is 1.09. The first-order valence-corrected chi connectivity index (χ1v) is 9.21. The SMILES string of the molecule is NC1CCC(N2CCC(NC(=O)OCc3ccccc3)C2=O)C(C(=O)O)C1. The van der Waals surface area contributed by atoms with Crippen molar-refractivity contribution in [3.8, 4) is 0 Å². The molecule has 1 aliphatic heterocycles. The van der Waals surface area contributed by atoms with Gasteiger partial charge in [0.05, 0.1) is 5.92 Å². The Bertz CT molecular complexity index is 696. The van der Waals surface area contributed by atoms with Crippen LogP contribution in [0.4, 0.5) is 4.79 Å². The van der Waals surface area contributed by atoms with E-state index in [4.69, 9.17) is 10.5 Å². The Kier molecular flexibility index (Phi) is 5.95. The fraction of sp³-hybridized carbons (Fsp3) is 0.526. The van der Waals surface area contributed by atoms with Gasteiger partial charge in [-0.2, -0.15) is 0 Å². The molecule has 1 aliphatic carbocycles. The zero-order valence-electron chi connectivity index (χ0n) is 15.0. The van der Waals surface area contributed by atoms with Gasteiger partial charge in [0.25, 0.3) is 0 Å². The van der Waals surface area contributed by atoms with Gasteiger partial charge in [0.2, 0.25) is 5.91 Å². The summed E-state index contributed by atoms with van der Waals surface area (Å²) in [4.78, 5) is 37.9. The molecule has 0 spiro atoms. The summed E-state index contributed by atoms with van der Waals surface area (Å²) in [6, 6.07) is 8.05. The van der Waals surface area contributed by atoms with Gasteiger partial charge in [-0.3, -0.25) is 9.59 Å². The van der Waals surface area contributed by atoms with Gasteiger partial charge in [-0.1, -0.05) is 30.3 Å². The van der Waals surface area contributed by atoms with E-state index in [1.807, 2.05) is 30.3 Å². The van der Waals surface area contributed by atoms with Gasteiger partial charge in [0.1, 0.15) is 12.6 Å². The Hall–Kier alpha value is -2.61. The van der Waals surface area contributed by atoms with Crippen LogP contribution < -0.4 is 11.1 Å². The van der Waals surface area contributed by atoms with E-state index in [9.17, 15) is 19.5 Å². The van der Waals surface area contributed by atoms with Crippen molar-refractivity contribution >= 4 is 18.0 Å². The highest BCUT2D eigenvalue weighted by molar-refractivity contribution is 5.88. The Balaban J connectivity index is 1.54. The topological polar surface area (TPSA) is 122 Å². The van der Waals surface area contributed by atoms with Gasteiger partial charge in [-0.05, 0) is 31.2 Å². The van der Waals surface area contributed by atoms with Crippen molar-refractivity contribution in [1.82, 2.24) is 10.2 Å². The highest BCUT2D eigenvalue weighted by Crippen LogP contribution is 2.31. The highest BCUT2D eigenvalue weighted by atomic mass is 16.5. The molecule has 4 unspecified atom stereocenters. The van der Waals surface area contributed by atoms with E-state index >= 15 is 0 Å². The van der Waals surface area contributed by atoms with E-state index in [0.29, 0.717) is 32.2 Å². The van der Waals surface area contributed by atoms with Crippen LogP contribution in [0.25, 0.3) is 0 Å². The molecule has 1 aromatic rings. The third-order valence-electron chi connectivity index (χ3n) is 5.32. The molecule has 146 valence electrons. The van der Waals surface area contributed by atoms with Crippen molar-refractivity contribution in [3.05, 3.63) is 35.9 Å². The Morgan fingerprint density at radius 1 is 1.22 bits per heavy atom. The number of benzene rings is 1. The van der Waals surface area contributed by atoms with Crippen LogP contribution in [-0.2, 0) is 20.9 Å². The smallest absolute Gasteiger partial charge is 0.408 e. The Morgan fingerprint density at radius 2 is 1.96 bits per heavy atom. The van der Waals surface area contributed by atoms with Crippen molar-refractivity contribution in [1.29, 1.82) is 0 Å². The molecular formula is C19H25N3O5. The number of carbonyl (C=O) groups is 3. The van der Waals surface area contributed by atoms with Crippen LogP contribution in [-0.4, -0.2) is 52.6 Å². The van der Waals surface area contributed by atoms with Gasteiger partial charge >= 0.3 is 12.1 Å². The van der Waals surface area contributed by atoms with Crippen molar-refractivity contribution in [2.75, 3.05) is 6.54 Å². The summed E-state index contributed by atoms with van der Waals surface area (Å²) in [5.74, 6) is -1.85. The summed E-state index contributed by atoms with van der Waals surface area (Å²) in [6.45, 7) is 0.547. The van der Waals surface area contributed by atoms with Gasteiger partial charge in [-0.15, -0.1) is 0 Å². The number of nitrogens with zero attached hydrogens (tertiary/aromatic N) is 1. The minimum absolute atomic E-state index is 0.124. The lowest BCUT2D eigenvalue weighted by Gasteiger charge is -2.38. The zero-order valence-corrected chi connectivity index (χ0v) is 15.0. The maximum Gasteiger partial charge on any atom is 0.408 e. The number of nitrogens with two attached hydrogens (primary N) is 1. The van der Waals surface area contributed by atoms with E-state index in [1.165, 1.54) is 0 Å². The van der Waals surface area contributed by atoms with E-state index in [2.05, 4.69) is 5.32 Å². The number of ether oxygens (including phenoxy) is 1. The lowest BCUT2D eigenvalue weighted by atomic mass is 9.81. The third-order valence-corrected chi connectivity index (χ3v) is 5.32. The van der Waals surface area contributed by atoms with Crippen molar-refractivity contribution in [2.45, 2.75) is 50.4 Å². The monoisotopic (exact) mass is 375 g/mol. The molecule has 4 N–H and O–H groups in total. The number of amides is 2. The lowest BCUT2D eigenvalue weighted by Crippen LogP contribution is -2.52. The van der Waals surface area contributed by atoms with Gasteiger partial charge < -0.3 is 25.8 Å². The second kappa shape index (κ2) is 8.39. The fourth-order valence-corrected chi connectivity index (χ4v) is 3.90. The van der Waals surface area contributed by atoms with E-state index < -0.39 is 24.0 Å². The highest BCUT2D eigenvalue weighted by Gasteiger charge is 2.44. The van der Waals surface area contributed by atoms with Gasteiger partial charge in [-0.25, -0.2) is 4.79 Å². The van der Waals surface area contributed by atoms with Crippen LogP contribution in [0.2, 0.25) is 0 Å². The van der Waals surface area contributed by atoms with Crippen LogP contribution >= 0.6 is 0 Å². The molecule has 4 atom stereocenters. The normalized spacial score (nSPS) is 28.0. The van der Waals surface area contributed by atoms with E-state index in [-0.39, 0.29) is 24.6 Å². The fourth-order valence-electron chi connectivity index (χ4n) is 3.90. The minimum Gasteiger partial charge on any atom is -0.481 e. The molecule has 8 nitrogen and oxygen atoms in total. The molecule has 0 radical (unpaired) electrons. The number of nitrogens with one attached hydrogen (secondary N) is 1. The molecular weight excluding hydrogens is 350 g/mol. The standard InChI is InChI=1S/C19H25N3O5/c20-13-6-7-16(14(10-13)18(24)25)22-9-8-15(17(22)23)21-19(26)27-11-12-4-2-1-3-5-12/h1-5,13-16H,6-11,20H2,(H,21,26)(H,24,25). The maximum absolute atomic E-state index is 12.7. The van der Waals surface area contributed by atoms with Crippen molar-refractivity contribution in [3.63, 3.8) is 0 Å². The van der Waals surface area contributed by atoms with Crippen LogP contribution in [0.5, 0.6) is 0 Å². The number of hydrogen-bond donors (Lipinski definition) is 3. The quantitative estimate of drug-likeness (QED) is 0.708. The summed E-state index contributed by atoms with van der Waals surface area (Å²) in [7, 11) is 0. The predicted molar refractivity (Wildman–Crippen MR) is 96.6 cm³/mol.